The Morgan fingerprint density at radius 3 is 2.74 bits per heavy atom. The van der Waals surface area contributed by atoms with Gasteiger partial charge in [0.2, 0.25) is 17.7 Å². The van der Waals surface area contributed by atoms with Crippen molar-refractivity contribution >= 4 is 29.3 Å². The predicted octanol–water partition coefficient (Wildman–Crippen LogP) is 0.935. The molecule has 0 saturated carbocycles. The minimum Gasteiger partial charge on any atom is -0.378 e. The van der Waals surface area contributed by atoms with Crippen molar-refractivity contribution in [2.24, 2.45) is 0 Å². The molecule has 0 aliphatic carbocycles. The average molecular weight is 428 g/mol. The van der Waals surface area contributed by atoms with Crippen LogP contribution in [0.3, 0.4) is 0 Å². The summed E-state index contributed by atoms with van der Waals surface area (Å²) >= 11 is 0. The molecule has 1 atom stereocenters. The zero-order valence-electron chi connectivity index (χ0n) is 17.4. The van der Waals surface area contributed by atoms with Gasteiger partial charge in [-0.3, -0.25) is 24.5 Å². The third kappa shape index (κ3) is 4.94. The number of anilines is 1. The van der Waals surface area contributed by atoms with E-state index >= 15 is 0 Å². The van der Waals surface area contributed by atoms with Gasteiger partial charge < -0.3 is 20.3 Å². The molecule has 3 heterocycles. The summed E-state index contributed by atoms with van der Waals surface area (Å²) in [5.74, 6) is -1.15. The van der Waals surface area contributed by atoms with Gasteiger partial charge in [0, 0.05) is 42.8 Å². The predicted molar refractivity (Wildman–Crippen MR) is 112 cm³/mol. The number of nitrogens with zero attached hydrogens (tertiary/aromatic N) is 1. The van der Waals surface area contributed by atoms with E-state index in [2.05, 4.69) is 16.0 Å². The van der Waals surface area contributed by atoms with E-state index in [4.69, 9.17) is 4.74 Å². The maximum atomic E-state index is 12.8. The van der Waals surface area contributed by atoms with Crippen LogP contribution in [0.4, 0.5) is 5.69 Å². The highest BCUT2D eigenvalue weighted by molar-refractivity contribution is 6.06. The molecule has 2 saturated heterocycles. The normalized spacial score (nSPS) is 21.7. The van der Waals surface area contributed by atoms with E-state index < -0.39 is 11.9 Å². The molecular weight excluding hydrogens is 400 g/mol. The van der Waals surface area contributed by atoms with E-state index in [9.17, 15) is 19.2 Å². The molecule has 3 N–H and O–H groups in total. The second-order valence-electron chi connectivity index (χ2n) is 8.20. The molecule has 31 heavy (non-hydrogen) atoms. The molecule has 1 aromatic carbocycles. The monoisotopic (exact) mass is 428 g/mol. The van der Waals surface area contributed by atoms with E-state index in [0.717, 1.165) is 25.9 Å². The summed E-state index contributed by atoms with van der Waals surface area (Å²) in [5, 5.41) is 8.49. The summed E-state index contributed by atoms with van der Waals surface area (Å²) in [6, 6.07) is 4.52. The smallest absolute Gasteiger partial charge is 0.255 e. The molecule has 0 bridgehead atoms. The number of carbonyl (C=O) groups is 4. The maximum absolute atomic E-state index is 12.8. The Hall–Kier alpha value is -2.78. The lowest BCUT2D eigenvalue weighted by Crippen LogP contribution is -2.52. The van der Waals surface area contributed by atoms with Gasteiger partial charge in [0.1, 0.15) is 6.04 Å². The van der Waals surface area contributed by atoms with Crippen LogP contribution in [0.25, 0.3) is 0 Å². The van der Waals surface area contributed by atoms with Crippen molar-refractivity contribution < 1.29 is 23.9 Å². The Balaban J connectivity index is 1.32. The van der Waals surface area contributed by atoms with Gasteiger partial charge in [-0.2, -0.15) is 0 Å². The third-order valence-electron chi connectivity index (χ3n) is 6.04. The lowest BCUT2D eigenvalue weighted by Gasteiger charge is -2.29. The van der Waals surface area contributed by atoms with Crippen LogP contribution in [0, 0.1) is 0 Å². The quantitative estimate of drug-likeness (QED) is 0.440. The molecule has 0 radical (unpaired) electrons. The minimum atomic E-state index is -0.673. The van der Waals surface area contributed by atoms with Gasteiger partial charge in [-0.1, -0.05) is 6.07 Å². The van der Waals surface area contributed by atoms with Crippen molar-refractivity contribution in [3.8, 4) is 0 Å². The molecule has 166 valence electrons. The summed E-state index contributed by atoms with van der Waals surface area (Å²) in [4.78, 5) is 50.4. The first-order chi connectivity index (χ1) is 15.0. The van der Waals surface area contributed by atoms with Gasteiger partial charge in [-0.15, -0.1) is 0 Å². The Bertz CT molecular complexity index is 881. The second-order valence-corrected chi connectivity index (χ2v) is 8.20. The standard InChI is InChI=1S/C22H28N4O5/c27-19(5-2-12-31-14-8-10-23-11-9-14)24-17-4-1-3-15-16(17)13-26(22(15)30)18-6-7-20(28)25-21(18)29/h1,3-4,14,18,23H,2,5-13H2,(H,24,27)(H,25,28,29). The fourth-order valence-corrected chi connectivity index (χ4v) is 4.36. The van der Waals surface area contributed by atoms with Gasteiger partial charge in [-0.25, -0.2) is 0 Å². The second kappa shape index (κ2) is 9.57. The Labute approximate surface area is 180 Å². The van der Waals surface area contributed by atoms with Crippen molar-refractivity contribution in [2.75, 3.05) is 25.0 Å². The number of hydrogen-bond donors (Lipinski definition) is 3. The first-order valence-electron chi connectivity index (χ1n) is 10.9. The Morgan fingerprint density at radius 1 is 1.16 bits per heavy atom. The molecule has 1 unspecified atom stereocenters. The van der Waals surface area contributed by atoms with Gasteiger partial charge in [-0.05, 0) is 50.9 Å². The van der Waals surface area contributed by atoms with Crippen molar-refractivity contribution in [3.05, 3.63) is 29.3 Å². The average Bonchev–Trinajstić information content (AvgIpc) is 3.09. The summed E-state index contributed by atoms with van der Waals surface area (Å²) < 4.78 is 5.84. The highest BCUT2D eigenvalue weighted by Crippen LogP contribution is 2.32. The topological polar surface area (TPSA) is 117 Å². The number of carbonyl (C=O) groups excluding carboxylic acids is 4. The number of fused-ring (bicyclic) bond motifs is 1. The van der Waals surface area contributed by atoms with Crippen LogP contribution in [0.15, 0.2) is 18.2 Å². The van der Waals surface area contributed by atoms with Crippen molar-refractivity contribution in [1.29, 1.82) is 0 Å². The van der Waals surface area contributed by atoms with Gasteiger partial charge in [0.25, 0.3) is 5.91 Å². The van der Waals surface area contributed by atoms with Crippen LogP contribution in [0.1, 0.15) is 54.4 Å². The highest BCUT2D eigenvalue weighted by atomic mass is 16.5. The first-order valence-corrected chi connectivity index (χ1v) is 10.9. The van der Waals surface area contributed by atoms with Crippen molar-refractivity contribution in [2.45, 2.75) is 57.2 Å². The van der Waals surface area contributed by atoms with E-state index in [1.165, 1.54) is 4.90 Å². The van der Waals surface area contributed by atoms with E-state index in [0.29, 0.717) is 42.7 Å². The van der Waals surface area contributed by atoms with E-state index in [1.807, 2.05) is 0 Å². The van der Waals surface area contributed by atoms with Crippen LogP contribution >= 0.6 is 0 Å². The van der Waals surface area contributed by atoms with Gasteiger partial charge in [0.05, 0.1) is 6.10 Å². The molecular formula is C22H28N4O5. The molecule has 9 heteroatoms. The number of nitrogens with one attached hydrogen (secondary N) is 3. The minimum absolute atomic E-state index is 0.130. The summed E-state index contributed by atoms with van der Waals surface area (Å²) in [6.07, 6.45) is 3.75. The third-order valence-corrected chi connectivity index (χ3v) is 6.04. The number of imide groups is 1. The summed E-state index contributed by atoms with van der Waals surface area (Å²) in [7, 11) is 0. The van der Waals surface area contributed by atoms with Crippen LogP contribution < -0.4 is 16.0 Å². The molecule has 2 fully saturated rings. The molecule has 9 nitrogen and oxygen atoms in total. The number of piperidine rings is 2. The fourth-order valence-electron chi connectivity index (χ4n) is 4.36. The van der Waals surface area contributed by atoms with Gasteiger partial charge in [0.15, 0.2) is 0 Å². The largest absolute Gasteiger partial charge is 0.378 e. The molecule has 4 rings (SSSR count). The van der Waals surface area contributed by atoms with Crippen LogP contribution in [0.2, 0.25) is 0 Å². The lowest BCUT2D eigenvalue weighted by atomic mass is 10.0. The van der Waals surface area contributed by atoms with Gasteiger partial charge >= 0.3 is 0 Å². The maximum Gasteiger partial charge on any atom is 0.255 e. The number of benzene rings is 1. The molecule has 0 spiro atoms. The molecule has 3 aliphatic heterocycles. The van der Waals surface area contributed by atoms with Crippen molar-refractivity contribution in [1.82, 2.24) is 15.5 Å². The zero-order valence-corrected chi connectivity index (χ0v) is 17.4. The first kappa shape index (κ1) is 21.5. The van der Waals surface area contributed by atoms with E-state index in [-0.39, 0.29) is 36.8 Å². The number of amides is 4. The molecule has 3 aliphatic rings. The molecule has 4 amide bonds. The highest BCUT2D eigenvalue weighted by Gasteiger charge is 2.39. The van der Waals surface area contributed by atoms with E-state index in [1.54, 1.807) is 18.2 Å². The number of hydrogen-bond acceptors (Lipinski definition) is 6. The van der Waals surface area contributed by atoms with Crippen LogP contribution in [-0.2, 0) is 25.7 Å². The van der Waals surface area contributed by atoms with Crippen molar-refractivity contribution in [3.63, 3.8) is 0 Å². The van der Waals surface area contributed by atoms with Crippen LogP contribution in [0.5, 0.6) is 0 Å². The SMILES string of the molecule is O=C1CCC(N2Cc3c(NC(=O)CCCOC4CCNCC4)cccc3C2=O)C(=O)N1. The number of rotatable bonds is 7. The van der Waals surface area contributed by atoms with Crippen LogP contribution in [-0.4, -0.2) is 60.4 Å². The summed E-state index contributed by atoms with van der Waals surface area (Å²) in [6.45, 7) is 2.72. The number of ether oxygens (including phenoxy) is 1. The Morgan fingerprint density at radius 2 is 1.97 bits per heavy atom. The Kier molecular flexibility index (Phi) is 6.62. The zero-order chi connectivity index (χ0) is 21.8. The molecule has 0 aromatic heterocycles. The fraction of sp³-hybridized carbons (Fsp3) is 0.545. The lowest BCUT2D eigenvalue weighted by molar-refractivity contribution is -0.137. The molecule has 1 aromatic rings. The summed E-state index contributed by atoms with van der Waals surface area (Å²) in [5.41, 5.74) is 1.78.